The molecule has 24 heavy (non-hydrogen) atoms. The Labute approximate surface area is 137 Å². The number of nitrogens with zero attached hydrogens (tertiary/aromatic N) is 3. The van der Waals surface area contributed by atoms with Gasteiger partial charge in [-0.05, 0) is 19.1 Å². The summed E-state index contributed by atoms with van der Waals surface area (Å²) in [5.41, 5.74) is 0.570. The Kier molecular flexibility index (Phi) is 4.14. The van der Waals surface area contributed by atoms with Crippen molar-refractivity contribution in [2.24, 2.45) is 0 Å². The van der Waals surface area contributed by atoms with E-state index in [4.69, 9.17) is 0 Å². The molecule has 2 aromatic heterocycles. The second-order valence-corrected chi connectivity index (χ2v) is 5.99. The van der Waals surface area contributed by atoms with Crippen molar-refractivity contribution in [1.82, 2.24) is 14.6 Å². The predicted octanol–water partition coefficient (Wildman–Crippen LogP) is 2.97. The van der Waals surface area contributed by atoms with E-state index < -0.39 is 6.36 Å². The van der Waals surface area contributed by atoms with E-state index in [1.54, 1.807) is 13.0 Å². The molecule has 0 aliphatic carbocycles. The molecule has 1 aromatic carbocycles. The molecule has 3 rings (SSSR count). The van der Waals surface area contributed by atoms with Crippen LogP contribution < -0.4 is 15.6 Å². The number of rotatable bonds is 4. The molecule has 3 aromatic rings. The summed E-state index contributed by atoms with van der Waals surface area (Å²) in [5.74, 6) is -0.325. The zero-order chi connectivity index (χ0) is 17.3. The second-order valence-electron chi connectivity index (χ2n) is 4.83. The van der Waals surface area contributed by atoms with Crippen LogP contribution in [-0.2, 0) is 6.54 Å². The maximum absolute atomic E-state index is 12.2. The highest BCUT2D eigenvalue weighted by molar-refractivity contribution is 7.16. The fourth-order valence-corrected chi connectivity index (χ4v) is 2.81. The lowest BCUT2D eigenvalue weighted by Gasteiger charge is -2.11. The van der Waals surface area contributed by atoms with Crippen LogP contribution in [0.3, 0.4) is 0 Å². The SMILES string of the molecule is Cc1nn2c(=O)cc(CNc3cccc(OC(F)(F)F)c3)nc2s1. The average Bonchev–Trinajstić information content (AvgIpc) is 2.85. The number of alkyl halides is 3. The Morgan fingerprint density at radius 2 is 2.12 bits per heavy atom. The van der Waals surface area contributed by atoms with Crippen molar-refractivity contribution in [2.75, 3.05) is 5.32 Å². The maximum Gasteiger partial charge on any atom is 0.573 e. The summed E-state index contributed by atoms with van der Waals surface area (Å²) in [4.78, 5) is 16.7. The molecule has 0 saturated carbocycles. The topological polar surface area (TPSA) is 68.5 Å². The zero-order valence-electron chi connectivity index (χ0n) is 12.3. The molecule has 0 amide bonds. The smallest absolute Gasteiger partial charge is 0.406 e. The normalized spacial score (nSPS) is 11.7. The van der Waals surface area contributed by atoms with Gasteiger partial charge in [0.2, 0.25) is 4.96 Å². The standard InChI is InChI=1S/C14H11F3N4O2S/c1-8-20-21-12(22)6-10(19-13(21)24-8)7-18-9-3-2-4-11(5-9)23-14(15,16)17/h2-6,18H,7H2,1H3. The molecule has 0 aliphatic rings. The molecule has 0 aliphatic heterocycles. The van der Waals surface area contributed by atoms with Crippen molar-refractivity contribution in [1.29, 1.82) is 0 Å². The number of hydrogen-bond donors (Lipinski definition) is 1. The van der Waals surface area contributed by atoms with E-state index in [1.807, 2.05) is 0 Å². The van der Waals surface area contributed by atoms with Gasteiger partial charge < -0.3 is 10.1 Å². The summed E-state index contributed by atoms with van der Waals surface area (Å²) in [6.07, 6.45) is -4.75. The van der Waals surface area contributed by atoms with Crippen LogP contribution in [0, 0.1) is 6.92 Å². The number of anilines is 1. The minimum atomic E-state index is -4.75. The highest BCUT2D eigenvalue weighted by Gasteiger charge is 2.31. The molecular formula is C14H11F3N4O2S. The molecule has 126 valence electrons. The Bertz CT molecular complexity index is 936. The first-order chi connectivity index (χ1) is 11.3. The molecule has 0 fully saturated rings. The summed E-state index contributed by atoms with van der Waals surface area (Å²) in [6, 6.07) is 6.77. The molecule has 6 nitrogen and oxygen atoms in total. The van der Waals surface area contributed by atoms with Gasteiger partial charge in [0.25, 0.3) is 5.56 Å². The molecular weight excluding hydrogens is 345 g/mol. The predicted molar refractivity (Wildman–Crippen MR) is 82.3 cm³/mol. The van der Waals surface area contributed by atoms with E-state index in [-0.39, 0.29) is 17.9 Å². The second kappa shape index (κ2) is 6.11. The number of ether oxygens (including phenoxy) is 1. The molecule has 0 bridgehead atoms. The number of fused-ring (bicyclic) bond motifs is 1. The van der Waals surface area contributed by atoms with Crippen molar-refractivity contribution in [3.8, 4) is 5.75 Å². The van der Waals surface area contributed by atoms with Crippen molar-refractivity contribution >= 4 is 22.0 Å². The first-order valence-corrected chi connectivity index (χ1v) is 7.58. The summed E-state index contributed by atoms with van der Waals surface area (Å²) in [5, 5.41) is 7.66. The van der Waals surface area contributed by atoms with E-state index in [0.29, 0.717) is 21.3 Å². The third-order valence-corrected chi connectivity index (χ3v) is 3.76. The fourth-order valence-electron chi connectivity index (χ4n) is 2.04. The molecule has 2 heterocycles. The quantitative estimate of drug-likeness (QED) is 0.778. The van der Waals surface area contributed by atoms with E-state index >= 15 is 0 Å². The minimum Gasteiger partial charge on any atom is -0.406 e. The molecule has 0 spiro atoms. The number of aromatic nitrogens is 3. The van der Waals surface area contributed by atoms with Crippen LogP contribution in [0.25, 0.3) is 4.96 Å². The number of hydrogen-bond acceptors (Lipinski definition) is 6. The lowest BCUT2D eigenvalue weighted by atomic mass is 10.3. The first-order valence-electron chi connectivity index (χ1n) is 6.76. The molecule has 0 unspecified atom stereocenters. The average molecular weight is 356 g/mol. The van der Waals surface area contributed by atoms with Gasteiger partial charge >= 0.3 is 6.36 Å². The number of nitrogens with one attached hydrogen (secondary N) is 1. The van der Waals surface area contributed by atoms with Crippen LogP contribution in [0.4, 0.5) is 18.9 Å². The van der Waals surface area contributed by atoms with Crippen LogP contribution >= 0.6 is 11.3 Å². The Balaban J connectivity index is 1.76. The lowest BCUT2D eigenvalue weighted by Crippen LogP contribution is -2.17. The zero-order valence-corrected chi connectivity index (χ0v) is 13.1. The first kappa shape index (κ1) is 16.2. The summed E-state index contributed by atoms with van der Waals surface area (Å²) < 4.78 is 41.7. The Hall–Kier alpha value is -2.62. The van der Waals surface area contributed by atoms with Crippen LogP contribution in [0.5, 0.6) is 5.75 Å². The van der Waals surface area contributed by atoms with Crippen molar-refractivity contribution in [3.63, 3.8) is 0 Å². The van der Waals surface area contributed by atoms with Crippen molar-refractivity contribution < 1.29 is 17.9 Å². The van der Waals surface area contributed by atoms with Gasteiger partial charge in [0.1, 0.15) is 10.8 Å². The number of benzene rings is 1. The van der Waals surface area contributed by atoms with Gasteiger partial charge in [-0.3, -0.25) is 4.79 Å². The Morgan fingerprint density at radius 3 is 2.88 bits per heavy atom. The maximum atomic E-state index is 12.2. The van der Waals surface area contributed by atoms with Gasteiger partial charge in [0.15, 0.2) is 0 Å². The monoisotopic (exact) mass is 356 g/mol. The third-order valence-electron chi connectivity index (χ3n) is 2.94. The molecule has 0 saturated heterocycles. The lowest BCUT2D eigenvalue weighted by molar-refractivity contribution is -0.274. The van der Waals surface area contributed by atoms with Gasteiger partial charge in [0, 0.05) is 17.8 Å². The largest absolute Gasteiger partial charge is 0.573 e. The fraction of sp³-hybridized carbons (Fsp3) is 0.214. The number of halogens is 3. The third kappa shape index (κ3) is 3.82. The molecule has 0 atom stereocenters. The number of aryl methyl sites for hydroxylation is 1. The highest BCUT2D eigenvalue weighted by Crippen LogP contribution is 2.25. The summed E-state index contributed by atoms with van der Waals surface area (Å²) >= 11 is 1.28. The minimum absolute atomic E-state index is 0.179. The van der Waals surface area contributed by atoms with E-state index in [0.717, 1.165) is 0 Å². The van der Waals surface area contributed by atoms with E-state index in [1.165, 1.54) is 40.1 Å². The van der Waals surface area contributed by atoms with Crippen molar-refractivity contribution in [2.45, 2.75) is 19.8 Å². The van der Waals surface area contributed by atoms with Crippen LogP contribution in [0.2, 0.25) is 0 Å². The Morgan fingerprint density at radius 1 is 1.33 bits per heavy atom. The van der Waals surface area contributed by atoms with E-state index in [2.05, 4.69) is 20.1 Å². The molecule has 1 N–H and O–H groups in total. The summed E-state index contributed by atoms with van der Waals surface area (Å²) in [6.45, 7) is 1.95. The van der Waals surface area contributed by atoms with Crippen LogP contribution in [-0.4, -0.2) is 21.0 Å². The summed E-state index contributed by atoms with van der Waals surface area (Å²) in [7, 11) is 0. The molecule has 10 heteroatoms. The van der Waals surface area contributed by atoms with Crippen molar-refractivity contribution in [3.05, 3.63) is 51.4 Å². The van der Waals surface area contributed by atoms with Gasteiger partial charge in [-0.1, -0.05) is 17.4 Å². The molecule has 0 radical (unpaired) electrons. The van der Waals surface area contributed by atoms with Gasteiger partial charge in [-0.2, -0.15) is 9.61 Å². The van der Waals surface area contributed by atoms with Gasteiger partial charge in [-0.25, -0.2) is 4.98 Å². The van der Waals surface area contributed by atoms with Gasteiger partial charge in [-0.15, -0.1) is 13.2 Å². The van der Waals surface area contributed by atoms with Crippen LogP contribution in [0.15, 0.2) is 35.1 Å². The van der Waals surface area contributed by atoms with Gasteiger partial charge in [0.05, 0.1) is 12.2 Å². The van der Waals surface area contributed by atoms with Crippen LogP contribution in [0.1, 0.15) is 10.7 Å². The highest BCUT2D eigenvalue weighted by atomic mass is 32.1. The van der Waals surface area contributed by atoms with E-state index in [9.17, 15) is 18.0 Å².